The van der Waals surface area contributed by atoms with Gasteiger partial charge in [-0.3, -0.25) is 4.79 Å². The molecule has 0 radical (unpaired) electrons. The van der Waals surface area contributed by atoms with Crippen LogP contribution in [0.25, 0.3) is 0 Å². The highest BCUT2D eigenvalue weighted by Gasteiger charge is 2.74. The Labute approximate surface area is 159 Å². The van der Waals surface area contributed by atoms with Gasteiger partial charge in [-0.15, -0.1) is 0 Å². The predicted molar refractivity (Wildman–Crippen MR) is 104 cm³/mol. The molecule has 26 heavy (non-hydrogen) atoms. The monoisotopic (exact) mass is 358 g/mol. The van der Waals surface area contributed by atoms with Gasteiger partial charge in [-0.25, -0.2) is 0 Å². The van der Waals surface area contributed by atoms with Crippen LogP contribution >= 0.6 is 0 Å². The average Bonchev–Trinajstić information content (AvgIpc) is 3.29. The van der Waals surface area contributed by atoms with E-state index in [1.54, 1.807) is 0 Å². The maximum Gasteiger partial charge on any atom is 0.139 e. The Hall–Kier alpha value is -0.370. The number of rotatable bonds is 2. The third kappa shape index (κ3) is 1.86. The third-order valence-electron chi connectivity index (χ3n) is 10.6. The Kier molecular flexibility index (Phi) is 3.65. The van der Waals surface area contributed by atoms with E-state index in [9.17, 15) is 4.79 Å². The van der Waals surface area contributed by atoms with Crippen molar-refractivity contribution in [3.63, 3.8) is 0 Å². The summed E-state index contributed by atoms with van der Waals surface area (Å²) in [6, 6.07) is 0. The van der Waals surface area contributed by atoms with Crippen LogP contribution in [0, 0.1) is 51.8 Å². The van der Waals surface area contributed by atoms with Gasteiger partial charge in [-0.05, 0) is 84.9 Å². The number of fused-ring (bicyclic) bond motifs is 1. The van der Waals surface area contributed by atoms with Crippen LogP contribution in [-0.4, -0.2) is 18.5 Å². The lowest BCUT2D eigenvalue weighted by atomic mass is 9.58. The number of ketones is 1. The lowest BCUT2D eigenvalue weighted by Gasteiger charge is -2.46. The van der Waals surface area contributed by atoms with Crippen LogP contribution < -0.4 is 0 Å². The van der Waals surface area contributed by atoms with Crippen LogP contribution in [0.1, 0.15) is 79.6 Å². The van der Waals surface area contributed by atoms with E-state index in [0.717, 1.165) is 43.1 Å². The summed E-state index contributed by atoms with van der Waals surface area (Å²) < 4.78 is 6.67. The van der Waals surface area contributed by atoms with Gasteiger partial charge in [0.2, 0.25) is 0 Å². The second kappa shape index (κ2) is 5.37. The zero-order valence-corrected chi connectivity index (χ0v) is 17.5. The lowest BCUT2D eigenvalue weighted by molar-refractivity contribution is -0.128. The van der Waals surface area contributed by atoms with Gasteiger partial charge in [0.1, 0.15) is 5.78 Å². The molecule has 5 fully saturated rings. The fourth-order valence-corrected chi connectivity index (χ4v) is 9.22. The molecule has 2 nitrogen and oxygen atoms in total. The molecule has 146 valence electrons. The molecule has 2 heteroatoms. The molecule has 1 heterocycles. The first kappa shape index (κ1) is 17.7. The first-order valence-electron chi connectivity index (χ1n) is 11.4. The molecule has 9 atom stereocenters. The lowest BCUT2D eigenvalue weighted by Crippen LogP contribution is -2.46. The van der Waals surface area contributed by atoms with Crippen molar-refractivity contribution in [2.45, 2.75) is 85.7 Å². The van der Waals surface area contributed by atoms with Gasteiger partial charge < -0.3 is 4.74 Å². The highest BCUT2D eigenvalue weighted by Crippen LogP contribution is 2.75. The summed E-state index contributed by atoms with van der Waals surface area (Å²) in [4.78, 5) is 13.3. The van der Waals surface area contributed by atoms with Crippen molar-refractivity contribution in [1.82, 2.24) is 0 Å². The van der Waals surface area contributed by atoms with E-state index in [4.69, 9.17) is 4.74 Å². The Morgan fingerprint density at radius 1 is 1.04 bits per heavy atom. The van der Waals surface area contributed by atoms with Crippen LogP contribution in [0.5, 0.6) is 0 Å². The fourth-order valence-electron chi connectivity index (χ4n) is 9.22. The summed E-state index contributed by atoms with van der Waals surface area (Å²) in [7, 11) is 0. The van der Waals surface area contributed by atoms with Crippen molar-refractivity contribution >= 4 is 5.78 Å². The van der Waals surface area contributed by atoms with Crippen molar-refractivity contribution in [1.29, 1.82) is 0 Å². The standard InChI is InChI=1S/C24H38O2/c1-14(2)16-7-9-22(4)13-26-21(20(16)22)18-12-19(25)23(5)10-8-17-15(3)6-11-24(17,18)23/h14-18,20-21H,6-13H2,1-5H3/t15-,16+,17+,18+,20+,21-,22-,23+,24-/m1/s1. The normalized spacial score (nSPS) is 58.5. The van der Waals surface area contributed by atoms with Crippen LogP contribution in [0.15, 0.2) is 0 Å². The van der Waals surface area contributed by atoms with E-state index in [0.29, 0.717) is 29.1 Å². The van der Waals surface area contributed by atoms with Crippen molar-refractivity contribution in [2.24, 2.45) is 51.8 Å². The second-order valence-electron chi connectivity index (χ2n) is 11.7. The van der Waals surface area contributed by atoms with E-state index in [1.165, 1.54) is 32.1 Å². The Morgan fingerprint density at radius 3 is 2.54 bits per heavy atom. The van der Waals surface area contributed by atoms with Crippen molar-refractivity contribution in [3.05, 3.63) is 0 Å². The number of Topliss-reactive ketones (excluding diaryl/α,β-unsaturated/α-hetero) is 1. The van der Waals surface area contributed by atoms with Crippen molar-refractivity contribution < 1.29 is 9.53 Å². The molecule has 1 spiro atoms. The minimum Gasteiger partial charge on any atom is -0.377 e. The molecule has 5 rings (SSSR count). The van der Waals surface area contributed by atoms with Crippen molar-refractivity contribution in [2.75, 3.05) is 6.61 Å². The molecule has 4 saturated carbocycles. The number of ether oxygens (including phenoxy) is 1. The predicted octanol–water partition coefficient (Wildman–Crippen LogP) is 5.50. The van der Waals surface area contributed by atoms with E-state index < -0.39 is 0 Å². The smallest absolute Gasteiger partial charge is 0.139 e. The highest BCUT2D eigenvalue weighted by molar-refractivity contribution is 5.89. The highest BCUT2D eigenvalue weighted by atomic mass is 16.5. The molecule has 0 unspecified atom stereocenters. The first-order chi connectivity index (χ1) is 12.2. The number of carbonyl (C=O) groups is 1. The molecule has 1 saturated heterocycles. The SMILES string of the molecule is CC(C)[C@@H]1CC[C@]2(C)CO[C@H]([C@@H]3CC(=O)[C@]4(C)CC[C@H]5[C@H](C)CC[C@]354)[C@H]12. The summed E-state index contributed by atoms with van der Waals surface area (Å²) in [5, 5.41) is 0. The minimum atomic E-state index is -0.0542. The van der Waals surface area contributed by atoms with E-state index in [-0.39, 0.29) is 10.8 Å². The van der Waals surface area contributed by atoms with Gasteiger partial charge >= 0.3 is 0 Å². The molecular formula is C24H38O2. The molecule has 0 amide bonds. The van der Waals surface area contributed by atoms with Crippen LogP contribution in [0.4, 0.5) is 0 Å². The largest absolute Gasteiger partial charge is 0.377 e. The Bertz CT molecular complexity index is 626. The third-order valence-corrected chi connectivity index (χ3v) is 10.6. The van der Waals surface area contributed by atoms with Gasteiger partial charge in [-0.1, -0.05) is 34.6 Å². The maximum atomic E-state index is 13.3. The molecule has 5 aliphatic rings. The molecule has 0 aromatic carbocycles. The van der Waals surface area contributed by atoms with E-state index in [2.05, 4.69) is 34.6 Å². The molecular weight excluding hydrogens is 320 g/mol. The molecule has 0 aromatic rings. The summed E-state index contributed by atoms with van der Waals surface area (Å²) in [6.45, 7) is 13.0. The number of hydrogen-bond donors (Lipinski definition) is 0. The quantitative estimate of drug-likeness (QED) is 0.652. The van der Waals surface area contributed by atoms with Gasteiger partial charge in [0.15, 0.2) is 0 Å². The summed E-state index contributed by atoms with van der Waals surface area (Å²) in [5.74, 6) is 4.81. The number of hydrogen-bond acceptors (Lipinski definition) is 2. The van der Waals surface area contributed by atoms with E-state index >= 15 is 0 Å². The van der Waals surface area contributed by atoms with Gasteiger partial charge in [0, 0.05) is 11.8 Å². The topological polar surface area (TPSA) is 26.3 Å². The molecule has 0 aromatic heterocycles. The molecule has 0 bridgehead atoms. The molecule has 4 aliphatic carbocycles. The maximum absolute atomic E-state index is 13.3. The summed E-state index contributed by atoms with van der Waals surface area (Å²) in [6.07, 6.45) is 8.86. The zero-order chi connectivity index (χ0) is 18.5. The zero-order valence-electron chi connectivity index (χ0n) is 17.5. The van der Waals surface area contributed by atoms with Crippen LogP contribution in [0.3, 0.4) is 0 Å². The van der Waals surface area contributed by atoms with Gasteiger partial charge in [0.05, 0.1) is 12.7 Å². The summed E-state index contributed by atoms with van der Waals surface area (Å²) in [5.41, 5.74) is 0.557. The van der Waals surface area contributed by atoms with Crippen molar-refractivity contribution in [3.8, 4) is 0 Å². The fraction of sp³-hybridized carbons (Fsp3) is 0.958. The van der Waals surface area contributed by atoms with E-state index in [1.807, 2.05) is 0 Å². The van der Waals surface area contributed by atoms with Crippen LogP contribution in [0.2, 0.25) is 0 Å². The minimum absolute atomic E-state index is 0.0542. The second-order valence-corrected chi connectivity index (χ2v) is 11.7. The van der Waals surface area contributed by atoms with Gasteiger partial charge in [0.25, 0.3) is 0 Å². The van der Waals surface area contributed by atoms with Gasteiger partial charge in [-0.2, -0.15) is 0 Å². The Morgan fingerprint density at radius 2 is 1.81 bits per heavy atom. The molecule has 0 N–H and O–H groups in total. The van der Waals surface area contributed by atoms with Crippen LogP contribution in [-0.2, 0) is 9.53 Å². The first-order valence-corrected chi connectivity index (χ1v) is 11.4. The molecule has 1 aliphatic heterocycles. The number of carbonyl (C=O) groups excluding carboxylic acids is 1. The average molecular weight is 359 g/mol. The summed E-state index contributed by atoms with van der Waals surface area (Å²) >= 11 is 0. The Balaban J connectivity index is 1.57.